The van der Waals surface area contributed by atoms with Crippen LogP contribution >= 0.6 is 7.14 Å². The zero-order valence-electron chi connectivity index (χ0n) is 31.0. The number of hydrogen-bond donors (Lipinski definition) is 0. The molecular formula is C52H38NO2P. The van der Waals surface area contributed by atoms with Gasteiger partial charge in [-0.25, -0.2) is 4.98 Å². The summed E-state index contributed by atoms with van der Waals surface area (Å²) in [5.41, 5.74) is 6.66. The van der Waals surface area contributed by atoms with Crippen LogP contribution in [0.25, 0.3) is 65.6 Å². The molecule has 0 saturated carbocycles. The van der Waals surface area contributed by atoms with Gasteiger partial charge in [-0.2, -0.15) is 0 Å². The molecule has 56 heavy (non-hydrogen) atoms. The quantitative estimate of drug-likeness (QED) is 0.130. The Morgan fingerprint density at radius 3 is 1.93 bits per heavy atom. The monoisotopic (exact) mass is 739 g/mol. The first-order valence-corrected chi connectivity index (χ1v) is 21.3. The highest BCUT2D eigenvalue weighted by Crippen LogP contribution is 2.55. The summed E-state index contributed by atoms with van der Waals surface area (Å²) < 4.78 is 22.3. The average Bonchev–Trinajstić information content (AvgIpc) is 3.59. The maximum absolute atomic E-state index is 15.2. The number of benzene rings is 7. The number of allylic oxidation sites excluding steroid dienone is 6. The summed E-state index contributed by atoms with van der Waals surface area (Å²) in [5.74, 6) is 0.844. The molecule has 8 aromatic rings. The van der Waals surface area contributed by atoms with E-state index < -0.39 is 12.7 Å². The normalized spacial score (nSPS) is 18.8. The predicted molar refractivity (Wildman–Crippen MR) is 236 cm³/mol. The smallest absolute Gasteiger partial charge is 0.155 e. The summed E-state index contributed by atoms with van der Waals surface area (Å²) >= 11 is 0. The Morgan fingerprint density at radius 2 is 1.29 bits per heavy atom. The molecule has 7 aromatic carbocycles. The third kappa shape index (κ3) is 4.91. The van der Waals surface area contributed by atoms with Gasteiger partial charge in [-0.05, 0) is 57.3 Å². The van der Waals surface area contributed by atoms with Gasteiger partial charge >= 0.3 is 0 Å². The van der Waals surface area contributed by atoms with Crippen LogP contribution in [0.4, 0.5) is 0 Å². The van der Waals surface area contributed by atoms with E-state index in [-0.39, 0.29) is 5.66 Å². The van der Waals surface area contributed by atoms with Crippen molar-refractivity contribution in [1.29, 1.82) is 0 Å². The molecule has 0 spiro atoms. The molecule has 0 radical (unpaired) electrons. The summed E-state index contributed by atoms with van der Waals surface area (Å²) in [6.45, 7) is 2.20. The van der Waals surface area contributed by atoms with Crippen molar-refractivity contribution in [3.63, 3.8) is 0 Å². The van der Waals surface area contributed by atoms with Gasteiger partial charge < -0.3 is 9.30 Å². The molecule has 2 unspecified atom stereocenters. The van der Waals surface area contributed by atoms with Gasteiger partial charge in [0, 0.05) is 50.3 Å². The van der Waals surface area contributed by atoms with E-state index in [2.05, 4.69) is 128 Å². The zero-order valence-corrected chi connectivity index (χ0v) is 31.9. The second kappa shape index (κ2) is 12.6. The molecular weight excluding hydrogens is 702 g/mol. The summed E-state index contributed by atoms with van der Waals surface area (Å²) in [5, 5.41) is 10.3. The molecule has 0 saturated heterocycles. The fraction of sp³-hybridized carbons (Fsp3) is 0.0962. The zero-order chi connectivity index (χ0) is 37.4. The maximum atomic E-state index is 15.2. The van der Waals surface area contributed by atoms with Crippen molar-refractivity contribution in [2.75, 3.05) is 0 Å². The van der Waals surface area contributed by atoms with Crippen LogP contribution < -0.4 is 15.3 Å². The van der Waals surface area contributed by atoms with Crippen molar-refractivity contribution < 1.29 is 9.30 Å². The Labute approximate surface area is 326 Å². The SMILES string of the molecule is CC12CC=CC=C1c1c(c(-c3ccc4c5ccccc5c5ccccc5c4c3)nc3c(C4=CCC(P(=O)(c5ccccc5)c5ccccc5)C=C4)cccc13)O2. The molecule has 1 aliphatic heterocycles. The lowest BCUT2D eigenvalue weighted by molar-refractivity contribution is 0.170. The van der Waals surface area contributed by atoms with Crippen LogP contribution in [0.15, 0.2) is 182 Å². The van der Waals surface area contributed by atoms with Crippen LogP contribution in [0, 0.1) is 0 Å². The first-order valence-electron chi connectivity index (χ1n) is 19.5. The highest BCUT2D eigenvalue weighted by atomic mass is 31.2. The molecule has 2 heterocycles. The number of fused-ring (bicyclic) bond motifs is 11. The van der Waals surface area contributed by atoms with E-state index in [1.54, 1.807) is 0 Å². The number of nitrogens with zero attached hydrogens (tertiary/aromatic N) is 1. The topological polar surface area (TPSA) is 39.2 Å². The molecule has 0 amide bonds. The van der Waals surface area contributed by atoms with Gasteiger partial charge in [-0.3, -0.25) is 0 Å². The summed E-state index contributed by atoms with van der Waals surface area (Å²) in [6.07, 6.45) is 14.6. The Kier molecular flexibility index (Phi) is 7.46. The molecule has 0 N–H and O–H groups in total. The maximum Gasteiger partial charge on any atom is 0.155 e. The lowest BCUT2D eigenvalue weighted by Gasteiger charge is -2.28. The van der Waals surface area contributed by atoms with Crippen molar-refractivity contribution in [2.45, 2.75) is 31.0 Å². The van der Waals surface area contributed by atoms with E-state index in [1.807, 2.05) is 60.7 Å². The van der Waals surface area contributed by atoms with Crippen LogP contribution in [-0.4, -0.2) is 16.2 Å². The molecule has 1 aromatic heterocycles. The number of hydrogen-bond acceptors (Lipinski definition) is 3. The van der Waals surface area contributed by atoms with Crippen molar-refractivity contribution in [3.05, 3.63) is 193 Å². The van der Waals surface area contributed by atoms with E-state index >= 15 is 4.57 Å². The lowest BCUT2D eigenvalue weighted by atomic mass is 9.83. The molecule has 2 atom stereocenters. The molecule has 4 heteroatoms. The summed E-state index contributed by atoms with van der Waals surface area (Å²) in [4.78, 5) is 5.59. The minimum atomic E-state index is -2.98. The lowest BCUT2D eigenvalue weighted by Crippen LogP contribution is -2.29. The van der Waals surface area contributed by atoms with Crippen LogP contribution in [0.3, 0.4) is 0 Å². The van der Waals surface area contributed by atoms with Crippen LogP contribution in [0.2, 0.25) is 0 Å². The summed E-state index contributed by atoms with van der Waals surface area (Å²) in [6, 6.07) is 50.7. The second-order valence-electron chi connectivity index (χ2n) is 15.4. The summed E-state index contributed by atoms with van der Waals surface area (Å²) in [7, 11) is -2.98. The van der Waals surface area contributed by atoms with Crippen molar-refractivity contribution in [3.8, 4) is 17.0 Å². The third-order valence-electron chi connectivity index (χ3n) is 12.2. The molecule has 0 bridgehead atoms. The van der Waals surface area contributed by atoms with Crippen molar-refractivity contribution in [2.24, 2.45) is 0 Å². The van der Waals surface area contributed by atoms with Crippen LogP contribution in [0.5, 0.6) is 5.75 Å². The molecule has 268 valence electrons. The van der Waals surface area contributed by atoms with Gasteiger partial charge in [0.05, 0.1) is 5.52 Å². The Bertz CT molecular complexity index is 3020. The third-order valence-corrected chi connectivity index (χ3v) is 15.6. The number of pyridine rings is 1. The highest BCUT2D eigenvalue weighted by molar-refractivity contribution is 7.79. The average molecular weight is 740 g/mol. The van der Waals surface area contributed by atoms with E-state index in [1.165, 1.54) is 37.9 Å². The minimum Gasteiger partial charge on any atom is -0.480 e. The van der Waals surface area contributed by atoms with Gasteiger partial charge in [0.2, 0.25) is 0 Å². The Morgan fingerprint density at radius 1 is 0.679 bits per heavy atom. The van der Waals surface area contributed by atoms with Crippen molar-refractivity contribution in [1.82, 2.24) is 4.98 Å². The predicted octanol–water partition coefficient (Wildman–Crippen LogP) is 12.6. The number of rotatable bonds is 5. The van der Waals surface area contributed by atoms with E-state index in [0.717, 1.165) is 61.6 Å². The van der Waals surface area contributed by atoms with E-state index in [9.17, 15) is 0 Å². The largest absolute Gasteiger partial charge is 0.480 e. The second-order valence-corrected chi connectivity index (χ2v) is 18.4. The van der Waals surface area contributed by atoms with Crippen LogP contribution in [-0.2, 0) is 4.57 Å². The van der Waals surface area contributed by atoms with Gasteiger partial charge in [0.25, 0.3) is 0 Å². The Hall–Kier alpha value is -6.28. The Balaban J connectivity index is 1.10. The van der Waals surface area contributed by atoms with Gasteiger partial charge in [-0.1, -0.05) is 176 Å². The molecule has 2 aliphatic carbocycles. The number of para-hydroxylation sites is 1. The van der Waals surface area contributed by atoms with Gasteiger partial charge in [0.15, 0.2) is 5.75 Å². The number of ether oxygens (including phenoxy) is 1. The molecule has 3 aliphatic rings. The van der Waals surface area contributed by atoms with E-state index in [0.29, 0.717) is 6.42 Å². The fourth-order valence-electron chi connectivity index (χ4n) is 9.44. The molecule has 11 rings (SSSR count). The first kappa shape index (κ1) is 33.1. The first-order chi connectivity index (χ1) is 27.5. The van der Waals surface area contributed by atoms with Gasteiger partial charge in [0.1, 0.15) is 18.4 Å². The molecule has 3 nitrogen and oxygen atoms in total. The highest BCUT2D eigenvalue weighted by Gasteiger charge is 2.43. The minimum absolute atomic E-state index is 0.157. The van der Waals surface area contributed by atoms with E-state index in [4.69, 9.17) is 9.72 Å². The van der Waals surface area contributed by atoms with Crippen LogP contribution in [0.1, 0.15) is 30.9 Å². The molecule has 0 fully saturated rings. The standard InChI is InChI=1S/C52H38NO2P/c1-52-32-13-12-25-47(52)48-45-24-14-23-39(34-26-29-38(30-27-34)56(54,36-15-4-2-5-16-36)37-17-6-3-7-18-37)50(45)53-49(51(48)55-52)35-28-31-44-42-21-9-8-19-40(42)41-20-10-11-22-43(41)46(44)33-35/h2-29,31,33,38H,30,32H2,1H3. The van der Waals surface area contributed by atoms with Gasteiger partial charge in [-0.15, -0.1) is 0 Å². The van der Waals surface area contributed by atoms with Crippen molar-refractivity contribution >= 4 is 72.1 Å². The number of aromatic nitrogens is 1. The fourth-order valence-corrected chi connectivity index (χ4v) is 12.5.